The molecule has 30 heavy (non-hydrogen) atoms. The van der Waals surface area contributed by atoms with Crippen molar-refractivity contribution in [3.63, 3.8) is 0 Å². The van der Waals surface area contributed by atoms with E-state index in [1.165, 1.54) is 68.1 Å². The monoisotopic (exact) mass is 401 g/mol. The van der Waals surface area contributed by atoms with Crippen LogP contribution >= 0.6 is 0 Å². The van der Waals surface area contributed by atoms with E-state index in [-0.39, 0.29) is 11.9 Å². The van der Waals surface area contributed by atoms with E-state index < -0.39 is 0 Å². The number of nitrogens with one attached hydrogen (secondary N) is 1. The molecule has 3 fully saturated rings. The van der Waals surface area contributed by atoms with E-state index in [0.717, 1.165) is 28.9 Å². The Balaban J connectivity index is 1.37. The zero-order chi connectivity index (χ0) is 20.7. The van der Waals surface area contributed by atoms with Gasteiger partial charge in [-0.1, -0.05) is 55.7 Å². The first-order chi connectivity index (χ1) is 14.6. The Morgan fingerprint density at radius 1 is 1.00 bits per heavy atom. The average molecular weight is 402 g/mol. The lowest BCUT2D eigenvalue weighted by molar-refractivity contribution is 0.0907. The van der Waals surface area contributed by atoms with Crippen molar-refractivity contribution in [2.75, 3.05) is 0 Å². The molecule has 0 aromatic heterocycles. The predicted molar refractivity (Wildman–Crippen MR) is 123 cm³/mol. The summed E-state index contributed by atoms with van der Waals surface area (Å²) in [6.45, 7) is 4.14. The molecule has 2 aromatic carbocycles. The number of hydrogen-bond donors (Lipinski definition) is 1. The molecular weight excluding hydrogens is 366 g/mol. The molecule has 1 amide bonds. The summed E-state index contributed by atoms with van der Waals surface area (Å²) in [7, 11) is 0. The van der Waals surface area contributed by atoms with E-state index >= 15 is 0 Å². The molecule has 0 saturated heterocycles. The summed E-state index contributed by atoms with van der Waals surface area (Å²) >= 11 is 0. The quantitative estimate of drug-likeness (QED) is 0.560. The lowest BCUT2D eigenvalue weighted by Crippen LogP contribution is -2.36. The van der Waals surface area contributed by atoms with Gasteiger partial charge in [0.25, 0.3) is 5.91 Å². The Hall–Kier alpha value is -2.09. The van der Waals surface area contributed by atoms with Crippen LogP contribution in [0.1, 0.15) is 83.6 Å². The first-order valence-corrected chi connectivity index (χ1v) is 12.0. The van der Waals surface area contributed by atoms with Gasteiger partial charge in [-0.15, -0.1) is 0 Å². The van der Waals surface area contributed by atoms with Gasteiger partial charge in [-0.25, -0.2) is 0 Å². The molecule has 2 bridgehead atoms. The first-order valence-electron chi connectivity index (χ1n) is 12.0. The molecule has 0 heterocycles. The number of carbonyl (C=O) groups excluding carboxylic acids is 1. The van der Waals surface area contributed by atoms with E-state index in [0.29, 0.717) is 5.92 Å². The highest BCUT2D eigenvalue weighted by molar-refractivity contribution is 5.96. The fraction of sp³-hybridized carbons (Fsp3) is 0.536. The number of fused-ring (bicyclic) bond motifs is 2. The summed E-state index contributed by atoms with van der Waals surface area (Å²) in [5.74, 6) is 3.28. The van der Waals surface area contributed by atoms with Crippen molar-refractivity contribution in [1.82, 2.24) is 5.32 Å². The van der Waals surface area contributed by atoms with Crippen molar-refractivity contribution in [1.29, 1.82) is 0 Å². The molecule has 3 saturated carbocycles. The zero-order valence-electron chi connectivity index (χ0n) is 18.5. The third-order valence-corrected chi connectivity index (χ3v) is 8.23. The smallest absolute Gasteiger partial charge is 0.252 e. The molecule has 3 aliphatic carbocycles. The minimum Gasteiger partial charge on any atom is -0.345 e. The van der Waals surface area contributed by atoms with Crippen LogP contribution in [0.15, 0.2) is 42.5 Å². The third-order valence-electron chi connectivity index (χ3n) is 8.23. The van der Waals surface area contributed by atoms with Gasteiger partial charge in [0.1, 0.15) is 0 Å². The molecule has 0 radical (unpaired) electrons. The van der Waals surface area contributed by atoms with Crippen molar-refractivity contribution in [3.8, 4) is 0 Å². The molecule has 5 rings (SSSR count). The van der Waals surface area contributed by atoms with Crippen LogP contribution in [0.5, 0.6) is 0 Å². The van der Waals surface area contributed by atoms with Gasteiger partial charge < -0.3 is 5.32 Å². The van der Waals surface area contributed by atoms with E-state index in [4.69, 9.17) is 0 Å². The maximum Gasteiger partial charge on any atom is 0.252 e. The zero-order valence-corrected chi connectivity index (χ0v) is 18.5. The lowest BCUT2D eigenvalue weighted by Gasteiger charge is -2.32. The standard InChI is InChI=1S/C28H35NO/c1-18-4-3-5-25(19(18)2)28(30)29-27(26-17-22-12-15-24(26)16-22)23-13-10-21(11-14-23)9-8-20-6-7-20/h3-5,10-11,13-14,20,22,24,26-27H,6-9,12,15-17H2,1-2H3,(H,29,30)/t22-,24+,26?,27-/m0/s1. The highest BCUT2D eigenvalue weighted by atomic mass is 16.1. The fourth-order valence-corrected chi connectivity index (χ4v) is 6.02. The Kier molecular flexibility index (Phi) is 5.43. The Bertz CT molecular complexity index is 911. The number of aryl methyl sites for hydroxylation is 2. The largest absolute Gasteiger partial charge is 0.345 e. The highest BCUT2D eigenvalue weighted by Gasteiger charge is 2.44. The van der Waals surface area contributed by atoms with Crippen LogP contribution in [-0.4, -0.2) is 5.91 Å². The van der Waals surface area contributed by atoms with Crippen molar-refractivity contribution in [2.45, 2.75) is 71.3 Å². The molecular formula is C28H35NO. The summed E-state index contributed by atoms with van der Waals surface area (Å²) in [6.07, 6.45) is 10.7. The average Bonchev–Trinajstić information content (AvgIpc) is 3.35. The van der Waals surface area contributed by atoms with Gasteiger partial charge in [0.05, 0.1) is 6.04 Å². The third kappa shape index (κ3) is 4.06. The van der Waals surface area contributed by atoms with Crippen LogP contribution in [-0.2, 0) is 6.42 Å². The van der Waals surface area contributed by atoms with Crippen molar-refractivity contribution < 1.29 is 4.79 Å². The molecule has 3 aliphatic rings. The van der Waals surface area contributed by atoms with E-state index in [2.05, 4.69) is 49.5 Å². The SMILES string of the molecule is Cc1cccc(C(=O)N[C@@H](c2ccc(CCC3CC3)cc2)C2C[C@H]3CC[C@@H]2C3)c1C. The van der Waals surface area contributed by atoms with Crippen LogP contribution < -0.4 is 5.32 Å². The maximum absolute atomic E-state index is 13.3. The first kappa shape index (κ1) is 19.8. The van der Waals surface area contributed by atoms with E-state index in [9.17, 15) is 4.79 Å². The van der Waals surface area contributed by atoms with Gasteiger partial charge in [0.2, 0.25) is 0 Å². The van der Waals surface area contributed by atoms with Gasteiger partial charge in [0.15, 0.2) is 0 Å². The summed E-state index contributed by atoms with van der Waals surface area (Å²) in [5.41, 5.74) is 5.83. The summed E-state index contributed by atoms with van der Waals surface area (Å²) in [4.78, 5) is 13.3. The Morgan fingerprint density at radius 2 is 1.80 bits per heavy atom. The molecule has 158 valence electrons. The number of carbonyl (C=O) groups is 1. The van der Waals surface area contributed by atoms with Crippen LogP contribution in [0.25, 0.3) is 0 Å². The van der Waals surface area contributed by atoms with Gasteiger partial charge in [-0.3, -0.25) is 4.79 Å². The number of benzene rings is 2. The van der Waals surface area contributed by atoms with Crippen LogP contribution in [0, 0.1) is 37.5 Å². The second kappa shape index (κ2) is 8.21. The normalized spacial score (nSPS) is 26.0. The molecule has 0 spiro atoms. The minimum atomic E-state index is 0.0850. The van der Waals surface area contributed by atoms with Crippen molar-refractivity contribution in [3.05, 3.63) is 70.3 Å². The van der Waals surface area contributed by atoms with Gasteiger partial charge >= 0.3 is 0 Å². The molecule has 0 aliphatic heterocycles. The summed E-state index contributed by atoms with van der Waals surface area (Å²) < 4.78 is 0. The predicted octanol–water partition coefficient (Wildman–Crippen LogP) is 6.55. The Morgan fingerprint density at radius 3 is 2.47 bits per heavy atom. The second-order valence-electron chi connectivity index (χ2n) is 10.3. The molecule has 2 aromatic rings. The van der Waals surface area contributed by atoms with Gasteiger partial charge in [0, 0.05) is 5.56 Å². The van der Waals surface area contributed by atoms with Crippen molar-refractivity contribution in [2.24, 2.45) is 23.7 Å². The molecule has 1 unspecified atom stereocenters. The molecule has 4 atom stereocenters. The van der Waals surface area contributed by atoms with Gasteiger partial charge in [-0.05, 0) is 97.9 Å². The van der Waals surface area contributed by atoms with Crippen LogP contribution in [0.2, 0.25) is 0 Å². The number of amides is 1. The van der Waals surface area contributed by atoms with E-state index in [1.54, 1.807) is 0 Å². The maximum atomic E-state index is 13.3. The fourth-order valence-electron chi connectivity index (χ4n) is 6.02. The highest BCUT2D eigenvalue weighted by Crippen LogP contribution is 2.52. The number of rotatable bonds is 7. The van der Waals surface area contributed by atoms with E-state index in [1.807, 2.05) is 12.1 Å². The van der Waals surface area contributed by atoms with Crippen LogP contribution in [0.3, 0.4) is 0 Å². The Labute approximate surface area is 181 Å². The summed E-state index contributed by atoms with van der Waals surface area (Å²) in [5, 5.41) is 3.49. The topological polar surface area (TPSA) is 29.1 Å². The van der Waals surface area contributed by atoms with Crippen molar-refractivity contribution >= 4 is 5.91 Å². The molecule has 2 nitrogen and oxygen atoms in total. The lowest BCUT2D eigenvalue weighted by atomic mass is 9.80. The number of hydrogen-bond acceptors (Lipinski definition) is 1. The summed E-state index contributed by atoms with van der Waals surface area (Å²) in [6, 6.07) is 15.4. The second-order valence-corrected chi connectivity index (χ2v) is 10.3. The van der Waals surface area contributed by atoms with Gasteiger partial charge in [-0.2, -0.15) is 0 Å². The molecule has 1 N–H and O–H groups in total. The molecule has 2 heteroatoms. The minimum absolute atomic E-state index is 0.0850. The van der Waals surface area contributed by atoms with Crippen LogP contribution in [0.4, 0.5) is 0 Å².